The van der Waals surface area contributed by atoms with Crippen LogP contribution in [-0.2, 0) is 0 Å². The van der Waals surface area contributed by atoms with Gasteiger partial charge in [0, 0.05) is 32.9 Å². The van der Waals surface area contributed by atoms with Gasteiger partial charge in [-0.1, -0.05) is 58.4 Å². The molecule has 1 amide bonds. The van der Waals surface area contributed by atoms with Gasteiger partial charge in [-0.05, 0) is 57.7 Å². The minimum atomic E-state index is -0.212. The molecule has 0 aliphatic heterocycles. The highest BCUT2D eigenvalue weighted by Gasteiger charge is 2.09. The molecule has 0 saturated heterocycles. The highest BCUT2D eigenvalue weighted by atomic mass is 79.9. The van der Waals surface area contributed by atoms with Crippen molar-refractivity contribution < 1.29 is 9.90 Å². The quantitative estimate of drug-likeness (QED) is 0.281. The summed E-state index contributed by atoms with van der Waals surface area (Å²) in [5, 5.41) is 15.2. The van der Waals surface area contributed by atoms with E-state index in [-0.39, 0.29) is 11.7 Å². The van der Waals surface area contributed by atoms with Crippen molar-refractivity contribution in [2.24, 2.45) is 4.99 Å². The van der Waals surface area contributed by atoms with Crippen molar-refractivity contribution in [3.63, 3.8) is 0 Å². The van der Waals surface area contributed by atoms with Crippen molar-refractivity contribution in [2.75, 3.05) is 5.32 Å². The molecule has 0 fully saturated rings. The molecule has 6 heteroatoms. The van der Waals surface area contributed by atoms with Crippen molar-refractivity contribution in [2.45, 2.75) is 0 Å². The number of anilines is 1. The first-order valence-corrected chi connectivity index (χ1v) is 10.7. The lowest BCUT2D eigenvalue weighted by molar-refractivity contribution is 0.102. The Bertz CT molecular complexity index is 1280. The summed E-state index contributed by atoms with van der Waals surface area (Å²) in [6.45, 7) is 0. The van der Waals surface area contributed by atoms with Crippen molar-refractivity contribution in [1.29, 1.82) is 0 Å². The molecule has 0 unspecified atom stereocenters. The van der Waals surface area contributed by atoms with Crippen LogP contribution in [0.4, 0.5) is 11.4 Å². The first kappa shape index (κ1) is 20.3. The maximum atomic E-state index is 12.8. The van der Waals surface area contributed by atoms with Crippen LogP contribution in [0.15, 0.2) is 92.8 Å². The van der Waals surface area contributed by atoms with Gasteiger partial charge < -0.3 is 10.4 Å². The zero-order chi connectivity index (χ0) is 21.1. The molecule has 4 nitrogen and oxygen atoms in total. The lowest BCUT2D eigenvalue weighted by Crippen LogP contribution is -2.11. The van der Waals surface area contributed by atoms with Gasteiger partial charge in [-0.25, -0.2) is 0 Å². The third-order valence-corrected chi connectivity index (χ3v) is 5.62. The van der Waals surface area contributed by atoms with Crippen molar-refractivity contribution in [3.05, 3.63) is 98.9 Å². The van der Waals surface area contributed by atoms with E-state index in [0.29, 0.717) is 21.3 Å². The lowest BCUT2D eigenvalue weighted by Gasteiger charge is -2.09. The molecule has 4 aromatic carbocycles. The maximum Gasteiger partial charge on any atom is 0.255 e. The third-order valence-electron chi connectivity index (χ3n) is 4.56. The van der Waals surface area contributed by atoms with Gasteiger partial charge in [-0.15, -0.1) is 0 Å². The van der Waals surface area contributed by atoms with Crippen molar-refractivity contribution in [3.8, 4) is 5.75 Å². The zero-order valence-electron chi connectivity index (χ0n) is 15.6. The number of benzene rings is 4. The summed E-state index contributed by atoms with van der Waals surface area (Å²) in [4.78, 5) is 17.2. The number of hydrogen-bond acceptors (Lipinski definition) is 3. The topological polar surface area (TPSA) is 61.7 Å². The summed E-state index contributed by atoms with van der Waals surface area (Å²) in [5.41, 5.74) is 2.42. The molecule has 148 valence electrons. The monoisotopic (exact) mass is 522 g/mol. The number of aliphatic imine (C=N–C) groups is 1. The van der Waals surface area contributed by atoms with Gasteiger partial charge in [0.2, 0.25) is 0 Å². The molecular weight excluding hydrogens is 508 g/mol. The standard InChI is InChI=1S/C24H16Br2N2O2/c25-18-11-17(23(29)21(26)13-18)14-27-19-8-3-7-16(12-19)24(30)28-22-10-4-6-15-5-1-2-9-20(15)22/h1-14,29H,(H,28,30). The van der Waals surface area contributed by atoms with E-state index in [1.165, 1.54) is 0 Å². The number of carbonyl (C=O) groups is 1. The summed E-state index contributed by atoms with van der Waals surface area (Å²) in [7, 11) is 0. The van der Waals surface area contributed by atoms with E-state index in [0.717, 1.165) is 20.9 Å². The molecule has 0 radical (unpaired) electrons. The molecule has 0 aromatic heterocycles. The van der Waals surface area contributed by atoms with Crippen LogP contribution in [0.3, 0.4) is 0 Å². The van der Waals surface area contributed by atoms with Crippen LogP contribution in [0.1, 0.15) is 15.9 Å². The van der Waals surface area contributed by atoms with E-state index in [1.54, 1.807) is 42.6 Å². The van der Waals surface area contributed by atoms with Crippen LogP contribution in [0, 0.1) is 0 Å². The number of amides is 1. The third kappa shape index (κ3) is 4.45. The van der Waals surface area contributed by atoms with Gasteiger partial charge in [0.1, 0.15) is 5.75 Å². The van der Waals surface area contributed by atoms with Crippen LogP contribution < -0.4 is 5.32 Å². The summed E-state index contributed by atoms with van der Waals surface area (Å²) in [6.07, 6.45) is 1.56. The first-order valence-electron chi connectivity index (χ1n) is 9.12. The fraction of sp³-hybridized carbons (Fsp3) is 0. The predicted molar refractivity (Wildman–Crippen MR) is 129 cm³/mol. The second-order valence-corrected chi connectivity index (χ2v) is 8.38. The maximum absolute atomic E-state index is 12.8. The molecule has 0 spiro atoms. The van der Waals surface area contributed by atoms with Crippen LogP contribution >= 0.6 is 31.9 Å². The highest BCUT2D eigenvalue weighted by molar-refractivity contribution is 9.11. The second-order valence-electron chi connectivity index (χ2n) is 6.61. The largest absolute Gasteiger partial charge is 0.506 e. The van der Waals surface area contributed by atoms with Crippen LogP contribution in [0.2, 0.25) is 0 Å². The predicted octanol–water partition coefficient (Wildman–Crippen LogP) is 7.07. The Balaban J connectivity index is 1.58. The average Bonchev–Trinajstić information content (AvgIpc) is 2.75. The Kier molecular flexibility index (Phi) is 5.97. The average molecular weight is 524 g/mol. The van der Waals surface area contributed by atoms with Crippen molar-refractivity contribution in [1.82, 2.24) is 0 Å². The van der Waals surface area contributed by atoms with Crippen LogP contribution in [0.5, 0.6) is 5.75 Å². The van der Waals surface area contributed by atoms with Crippen molar-refractivity contribution >= 4 is 66.1 Å². The van der Waals surface area contributed by atoms with E-state index < -0.39 is 0 Å². The normalized spacial score (nSPS) is 11.1. The van der Waals surface area contributed by atoms with E-state index in [2.05, 4.69) is 42.2 Å². The number of nitrogens with zero attached hydrogens (tertiary/aromatic N) is 1. The van der Waals surface area contributed by atoms with Gasteiger partial charge in [-0.3, -0.25) is 9.79 Å². The molecule has 0 saturated carbocycles. The number of hydrogen-bond donors (Lipinski definition) is 2. The summed E-state index contributed by atoms with van der Waals surface area (Å²) < 4.78 is 1.39. The summed E-state index contributed by atoms with van der Waals surface area (Å²) >= 11 is 6.70. The van der Waals surface area contributed by atoms with Gasteiger partial charge in [0.15, 0.2) is 0 Å². The number of fused-ring (bicyclic) bond motifs is 1. The van der Waals surface area contributed by atoms with E-state index in [4.69, 9.17) is 0 Å². The Morgan fingerprint density at radius 2 is 1.70 bits per heavy atom. The number of phenolic OH excluding ortho intramolecular Hbond substituents is 1. The molecule has 0 aliphatic carbocycles. The smallest absolute Gasteiger partial charge is 0.255 e. The molecule has 4 rings (SSSR count). The Hall–Kier alpha value is -2.96. The highest BCUT2D eigenvalue weighted by Crippen LogP contribution is 2.31. The molecular formula is C24H16Br2N2O2. The number of phenols is 1. The molecule has 0 heterocycles. The van der Waals surface area contributed by atoms with Gasteiger partial charge >= 0.3 is 0 Å². The minimum absolute atomic E-state index is 0.104. The Morgan fingerprint density at radius 1 is 0.933 bits per heavy atom. The van der Waals surface area contributed by atoms with Gasteiger partial charge in [-0.2, -0.15) is 0 Å². The number of aromatic hydroxyl groups is 1. The Morgan fingerprint density at radius 3 is 2.57 bits per heavy atom. The molecule has 0 aliphatic rings. The molecule has 2 N–H and O–H groups in total. The molecule has 0 bridgehead atoms. The zero-order valence-corrected chi connectivity index (χ0v) is 18.8. The Labute approximate surface area is 190 Å². The van der Waals surface area contributed by atoms with E-state index in [1.807, 2.05) is 42.5 Å². The van der Waals surface area contributed by atoms with Gasteiger partial charge in [0.05, 0.1) is 10.2 Å². The lowest BCUT2D eigenvalue weighted by atomic mass is 10.1. The number of rotatable bonds is 4. The number of halogens is 2. The molecule has 30 heavy (non-hydrogen) atoms. The number of nitrogens with one attached hydrogen (secondary N) is 1. The van der Waals surface area contributed by atoms with E-state index in [9.17, 15) is 9.90 Å². The first-order chi connectivity index (χ1) is 14.5. The molecule has 4 aromatic rings. The van der Waals surface area contributed by atoms with Gasteiger partial charge in [0.25, 0.3) is 5.91 Å². The number of carbonyl (C=O) groups excluding carboxylic acids is 1. The fourth-order valence-electron chi connectivity index (χ4n) is 3.08. The fourth-order valence-corrected chi connectivity index (χ4v) is 4.34. The van der Waals surface area contributed by atoms with Crippen LogP contribution in [0.25, 0.3) is 10.8 Å². The summed E-state index contributed by atoms with van der Waals surface area (Å²) in [6, 6.07) is 24.3. The van der Waals surface area contributed by atoms with E-state index >= 15 is 0 Å². The summed E-state index contributed by atoms with van der Waals surface area (Å²) in [5.74, 6) is -0.108. The van der Waals surface area contributed by atoms with Crippen LogP contribution in [-0.4, -0.2) is 17.2 Å². The second kappa shape index (κ2) is 8.81. The SMILES string of the molecule is O=C(Nc1cccc2ccccc12)c1cccc(N=Cc2cc(Br)cc(Br)c2O)c1. The minimum Gasteiger partial charge on any atom is -0.506 e. The molecule has 0 atom stereocenters.